The number of nitrogens with zero attached hydrogens (tertiary/aromatic N) is 2. The van der Waals surface area contributed by atoms with Crippen LogP contribution in [0.5, 0.6) is 0 Å². The molecule has 0 aliphatic heterocycles. The highest BCUT2D eigenvalue weighted by atomic mass is 16.3. The summed E-state index contributed by atoms with van der Waals surface area (Å²) >= 11 is 0. The van der Waals surface area contributed by atoms with Crippen LogP contribution in [0.4, 0.5) is 4.79 Å². The van der Waals surface area contributed by atoms with E-state index >= 15 is 0 Å². The first-order valence-electron chi connectivity index (χ1n) is 8.79. The van der Waals surface area contributed by atoms with Crippen molar-refractivity contribution >= 4 is 6.03 Å². The second-order valence-electron chi connectivity index (χ2n) is 7.00. The Morgan fingerprint density at radius 1 is 1.40 bits per heavy atom. The average molecular weight is 342 g/mol. The van der Waals surface area contributed by atoms with E-state index in [-0.39, 0.29) is 18.6 Å². The first-order chi connectivity index (χ1) is 12.0. The number of aryl methyl sites for hydroxylation is 2. The van der Waals surface area contributed by atoms with Crippen LogP contribution in [0.15, 0.2) is 36.7 Å². The van der Waals surface area contributed by atoms with E-state index in [9.17, 15) is 9.90 Å². The van der Waals surface area contributed by atoms with E-state index in [1.54, 1.807) is 31.0 Å². The molecule has 6 nitrogen and oxygen atoms in total. The van der Waals surface area contributed by atoms with Crippen LogP contribution < -0.4 is 10.6 Å². The quantitative estimate of drug-likeness (QED) is 0.747. The molecule has 0 saturated carbocycles. The predicted molar refractivity (Wildman–Crippen MR) is 96.1 cm³/mol. The Labute approximate surface area is 148 Å². The molecule has 0 spiro atoms. The lowest BCUT2D eigenvalue weighted by atomic mass is 9.99. The minimum Gasteiger partial charge on any atom is -0.383 e. The largest absolute Gasteiger partial charge is 0.383 e. The van der Waals surface area contributed by atoms with E-state index in [0.717, 1.165) is 25.7 Å². The average Bonchev–Trinajstić information content (AvgIpc) is 2.94. The van der Waals surface area contributed by atoms with Gasteiger partial charge in [-0.15, -0.1) is 0 Å². The molecular weight excluding hydrogens is 316 g/mol. The molecule has 25 heavy (non-hydrogen) atoms. The fourth-order valence-electron chi connectivity index (χ4n) is 3.33. The Morgan fingerprint density at radius 2 is 2.20 bits per heavy atom. The molecule has 0 unspecified atom stereocenters. The molecule has 2 amide bonds. The van der Waals surface area contributed by atoms with Crippen LogP contribution in [0.2, 0.25) is 0 Å². The molecule has 0 fully saturated rings. The van der Waals surface area contributed by atoms with Crippen LogP contribution in [-0.2, 0) is 19.1 Å². The summed E-state index contributed by atoms with van der Waals surface area (Å²) in [5.74, 6) is 0. The summed E-state index contributed by atoms with van der Waals surface area (Å²) in [7, 11) is 1.79. The van der Waals surface area contributed by atoms with Gasteiger partial charge in [0, 0.05) is 18.8 Å². The van der Waals surface area contributed by atoms with Gasteiger partial charge in [0.15, 0.2) is 0 Å². The Kier molecular flexibility index (Phi) is 5.08. The molecule has 0 radical (unpaired) electrons. The zero-order chi connectivity index (χ0) is 17.9. The summed E-state index contributed by atoms with van der Waals surface area (Å²) in [6, 6.07) is 8.06. The van der Waals surface area contributed by atoms with Gasteiger partial charge in [-0.3, -0.25) is 4.68 Å². The number of rotatable bonds is 4. The van der Waals surface area contributed by atoms with Crippen LogP contribution in [-0.4, -0.2) is 27.5 Å². The second-order valence-corrected chi connectivity index (χ2v) is 7.00. The van der Waals surface area contributed by atoms with Gasteiger partial charge < -0.3 is 15.7 Å². The Bertz CT molecular complexity index is 739. The summed E-state index contributed by atoms with van der Waals surface area (Å²) in [5.41, 5.74) is 2.03. The predicted octanol–water partition coefficient (Wildman–Crippen LogP) is 2.39. The van der Waals surface area contributed by atoms with E-state index < -0.39 is 5.60 Å². The standard InChI is InChI=1S/C19H26N4O2/c1-19(25,15-11-21-23(2)12-15)13-20-18(24)22-17-10-6-4-8-14-7-3-5-9-16(14)17/h3,5,7,9,11-12,17,25H,4,6,8,10,13H2,1-2H3,(H2,20,22,24)/t17-,19+/m1/s1. The number of benzene rings is 1. The number of aromatic nitrogens is 2. The molecule has 0 bridgehead atoms. The van der Waals surface area contributed by atoms with Crippen molar-refractivity contribution in [2.45, 2.75) is 44.2 Å². The molecule has 3 rings (SSSR count). The molecule has 134 valence electrons. The third-order valence-electron chi connectivity index (χ3n) is 4.84. The highest BCUT2D eigenvalue weighted by Gasteiger charge is 2.26. The minimum atomic E-state index is -1.16. The summed E-state index contributed by atoms with van der Waals surface area (Å²) in [6.07, 6.45) is 7.59. The van der Waals surface area contributed by atoms with E-state index in [4.69, 9.17) is 0 Å². The van der Waals surface area contributed by atoms with Gasteiger partial charge in [0.2, 0.25) is 0 Å². The molecule has 1 aliphatic carbocycles. The zero-order valence-corrected chi connectivity index (χ0v) is 14.8. The van der Waals surface area contributed by atoms with Crippen LogP contribution in [0.25, 0.3) is 0 Å². The highest BCUT2D eigenvalue weighted by molar-refractivity contribution is 5.74. The smallest absolute Gasteiger partial charge is 0.315 e. The molecule has 2 aromatic rings. The number of amides is 2. The number of aliphatic hydroxyl groups is 1. The zero-order valence-electron chi connectivity index (χ0n) is 14.8. The molecule has 6 heteroatoms. The molecule has 1 aliphatic rings. The molecule has 3 N–H and O–H groups in total. The molecule has 1 aromatic carbocycles. The van der Waals surface area contributed by atoms with Crippen LogP contribution in [0, 0.1) is 0 Å². The first kappa shape index (κ1) is 17.5. The summed E-state index contributed by atoms with van der Waals surface area (Å²) in [5, 5.41) is 20.5. The molecule has 0 saturated heterocycles. The number of carbonyl (C=O) groups is 1. The van der Waals surface area contributed by atoms with Crippen LogP contribution in [0.1, 0.15) is 48.9 Å². The van der Waals surface area contributed by atoms with E-state index in [1.165, 1.54) is 11.1 Å². The van der Waals surface area contributed by atoms with E-state index in [0.29, 0.717) is 5.56 Å². The molecule has 1 heterocycles. The maximum atomic E-state index is 12.4. The molecule has 2 atom stereocenters. The maximum absolute atomic E-state index is 12.4. The number of hydrogen-bond acceptors (Lipinski definition) is 3. The van der Waals surface area contributed by atoms with Crippen molar-refractivity contribution in [3.8, 4) is 0 Å². The van der Waals surface area contributed by atoms with Gasteiger partial charge in [-0.1, -0.05) is 30.7 Å². The number of urea groups is 1. The van der Waals surface area contributed by atoms with E-state index in [1.807, 2.05) is 12.1 Å². The van der Waals surface area contributed by atoms with Crippen molar-refractivity contribution in [2.24, 2.45) is 7.05 Å². The van der Waals surface area contributed by atoms with Crippen molar-refractivity contribution in [2.75, 3.05) is 6.54 Å². The third kappa shape index (κ3) is 4.20. The van der Waals surface area contributed by atoms with Crippen LogP contribution >= 0.6 is 0 Å². The number of nitrogens with one attached hydrogen (secondary N) is 2. The Hall–Kier alpha value is -2.34. The number of hydrogen-bond donors (Lipinski definition) is 3. The SMILES string of the molecule is Cn1cc([C@@](C)(O)CNC(=O)N[C@@H]2CCCCc3ccccc32)cn1. The lowest BCUT2D eigenvalue weighted by Gasteiger charge is -2.24. The second kappa shape index (κ2) is 7.27. The Morgan fingerprint density at radius 3 is 2.96 bits per heavy atom. The van der Waals surface area contributed by atoms with Gasteiger partial charge in [-0.2, -0.15) is 5.10 Å². The maximum Gasteiger partial charge on any atom is 0.315 e. The fraction of sp³-hybridized carbons (Fsp3) is 0.474. The number of carbonyl (C=O) groups excluding carboxylic acids is 1. The highest BCUT2D eigenvalue weighted by Crippen LogP contribution is 2.28. The Balaban J connectivity index is 1.61. The van der Waals surface area contributed by atoms with Crippen molar-refractivity contribution in [3.63, 3.8) is 0 Å². The van der Waals surface area contributed by atoms with Gasteiger partial charge in [0.05, 0.1) is 18.8 Å². The van der Waals surface area contributed by atoms with Gasteiger partial charge in [0.1, 0.15) is 5.60 Å². The van der Waals surface area contributed by atoms with Crippen LogP contribution in [0.3, 0.4) is 0 Å². The van der Waals surface area contributed by atoms with Crippen molar-refractivity contribution in [1.29, 1.82) is 0 Å². The fourth-order valence-corrected chi connectivity index (χ4v) is 3.33. The lowest BCUT2D eigenvalue weighted by molar-refractivity contribution is 0.0591. The summed E-state index contributed by atoms with van der Waals surface area (Å²) in [4.78, 5) is 12.4. The topological polar surface area (TPSA) is 79.2 Å². The van der Waals surface area contributed by atoms with Gasteiger partial charge >= 0.3 is 6.03 Å². The lowest BCUT2D eigenvalue weighted by Crippen LogP contribution is -2.44. The van der Waals surface area contributed by atoms with Gasteiger partial charge in [-0.05, 0) is 37.3 Å². The summed E-state index contributed by atoms with van der Waals surface area (Å²) < 4.78 is 1.63. The van der Waals surface area contributed by atoms with Crippen molar-refractivity contribution in [3.05, 3.63) is 53.3 Å². The number of fused-ring (bicyclic) bond motifs is 1. The monoisotopic (exact) mass is 342 g/mol. The summed E-state index contributed by atoms with van der Waals surface area (Å²) in [6.45, 7) is 1.80. The van der Waals surface area contributed by atoms with Gasteiger partial charge in [0.25, 0.3) is 0 Å². The normalized spacial score (nSPS) is 19.4. The molecule has 1 aromatic heterocycles. The van der Waals surface area contributed by atoms with Gasteiger partial charge in [-0.25, -0.2) is 4.79 Å². The minimum absolute atomic E-state index is 0.0158. The van der Waals surface area contributed by atoms with Crippen molar-refractivity contribution in [1.82, 2.24) is 20.4 Å². The van der Waals surface area contributed by atoms with Crippen molar-refractivity contribution < 1.29 is 9.90 Å². The molecular formula is C19H26N4O2. The first-order valence-corrected chi connectivity index (χ1v) is 8.79. The van der Waals surface area contributed by atoms with E-state index in [2.05, 4.69) is 27.9 Å². The third-order valence-corrected chi connectivity index (χ3v) is 4.84.